The van der Waals surface area contributed by atoms with Crippen LogP contribution in [0.5, 0.6) is 5.88 Å². The number of H-pyrrole nitrogens is 1. The second-order valence-electron chi connectivity index (χ2n) is 5.37. The second kappa shape index (κ2) is 4.56. The highest BCUT2D eigenvalue weighted by Gasteiger charge is 2.22. The molecule has 0 radical (unpaired) electrons. The van der Waals surface area contributed by atoms with Crippen molar-refractivity contribution in [3.05, 3.63) is 41.9 Å². The van der Waals surface area contributed by atoms with Crippen LogP contribution in [0, 0.1) is 0 Å². The first-order chi connectivity index (χ1) is 10.3. The minimum absolute atomic E-state index is 0.164. The second-order valence-corrected chi connectivity index (χ2v) is 5.37. The number of rotatable bonds is 2. The van der Waals surface area contributed by atoms with E-state index in [4.69, 9.17) is 10.5 Å². The zero-order valence-electron chi connectivity index (χ0n) is 11.8. The fourth-order valence-electron chi connectivity index (χ4n) is 3.17. The van der Waals surface area contributed by atoms with Gasteiger partial charge in [-0.15, -0.1) is 0 Å². The average Bonchev–Trinajstić information content (AvgIpc) is 3.10. The molecule has 2 aromatic heterocycles. The van der Waals surface area contributed by atoms with Gasteiger partial charge in [0.05, 0.1) is 18.4 Å². The summed E-state index contributed by atoms with van der Waals surface area (Å²) < 4.78 is 5.31. The number of nitrogens with zero attached hydrogens (tertiary/aromatic N) is 2. The van der Waals surface area contributed by atoms with Gasteiger partial charge in [-0.2, -0.15) is 0 Å². The van der Waals surface area contributed by atoms with E-state index in [1.807, 2.05) is 0 Å². The van der Waals surface area contributed by atoms with Crippen molar-refractivity contribution in [3.63, 3.8) is 0 Å². The van der Waals surface area contributed by atoms with Crippen LogP contribution >= 0.6 is 0 Å². The van der Waals surface area contributed by atoms with Gasteiger partial charge in [0.2, 0.25) is 5.88 Å². The van der Waals surface area contributed by atoms with Crippen molar-refractivity contribution in [3.8, 4) is 17.1 Å². The lowest BCUT2D eigenvalue weighted by Gasteiger charge is -2.04. The van der Waals surface area contributed by atoms with Gasteiger partial charge in [-0.3, -0.25) is 0 Å². The number of nitrogens with two attached hydrogens (primary N) is 1. The smallest absolute Gasteiger partial charge is 0.225 e. The van der Waals surface area contributed by atoms with Crippen LogP contribution < -0.4 is 10.5 Å². The molecule has 0 unspecified atom stereocenters. The summed E-state index contributed by atoms with van der Waals surface area (Å²) in [5, 5.41) is 1.24. The molecule has 1 aromatic carbocycles. The molecule has 0 bridgehead atoms. The summed E-state index contributed by atoms with van der Waals surface area (Å²) in [6.07, 6.45) is 5.31. The molecule has 106 valence electrons. The van der Waals surface area contributed by atoms with E-state index in [0.717, 1.165) is 29.6 Å². The predicted octanol–water partition coefficient (Wildman–Crippen LogP) is 2.58. The van der Waals surface area contributed by atoms with Gasteiger partial charge in [-0.05, 0) is 36.1 Å². The Morgan fingerprint density at radius 1 is 1.38 bits per heavy atom. The molecule has 1 aliphatic rings. The van der Waals surface area contributed by atoms with Crippen LogP contribution in [0.25, 0.3) is 22.2 Å². The SMILES string of the molecule is COc1ncncc1-c1cc2c3c(ccc2[nH]1)[C@H](N)CC3. The molecule has 0 spiro atoms. The van der Waals surface area contributed by atoms with E-state index in [9.17, 15) is 0 Å². The summed E-state index contributed by atoms with van der Waals surface area (Å²) in [5.74, 6) is 0.574. The summed E-state index contributed by atoms with van der Waals surface area (Å²) in [7, 11) is 1.62. The molecule has 0 saturated carbocycles. The monoisotopic (exact) mass is 280 g/mol. The number of hydrogen-bond acceptors (Lipinski definition) is 4. The fraction of sp³-hybridized carbons (Fsp3) is 0.250. The molecule has 21 heavy (non-hydrogen) atoms. The Bertz CT molecular complexity index is 824. The highest BCUT2D eigenvalue weighted by Crippen LogP contribution is 2.37. The largest absolute Gasteiger partial charge is 0.480 e. The Morgan fingerprint density at radius 3 is 3.14 bits per heavy atom. The Hall–Kier alpha value is -2.40. The lowest BCUT2D eigenvalue weighted by Crippen LogP contribution is -2.04. The molecule has 0 aliphatic heterocycles. The van der Waals surface area contributed by atoms with Gasteiger partial charge in [-0.1, -0.05) is 6.07 Å². The Balaban J connectivity index is 1.92. The van der Waals surface area contributed by atoms with E-state index >= 15 is 0 Å². The molecule has 5 heteroatoms. The van der Waals surface area contributed by atoms with Crippen LogP contribution in [0.3, 0.4) is 0 Å². The Kier molecular flexibility index (Phi) is 2.68. The van der Waals surface area contributed by atoms with Gasteiger partial charge < -0.3 is 15.5 Å². The molecule has 1 atom stereocenters. The van der Waals surface area contributed by atoms with Crippen LogP contribution in [0.4, 0.5) is 0 Å². The van der Waals surface area contributed by atoms with E-state index in [1.165, 1.54) is 22.8 Å². The quantitative estimate of drug-likeness (QED) is 0.756. The molecule has 3 aromatic rings. The topological polar surface area (TPSA) is 76.8 Å². The standard InChI is InChI=1S/C16H16N4O/c1-21-16-12(7-18-8-19-16)15-6-11-9-2-4-13(17)10(9)3-5-14(11)20-15/h3,5-8,13,20H,2,4,17H2,1H3/t13-/m1/s1. The van der Waals surface area contributed by atoms with E-state index in [0.29, 0.717) is 5.88 Å². The molecule has 2 heterocycles. The Morgan fingerprint density at radius 2 is 2.29 bits per heavy atom. The third kappa shape index (κ3) is 1.81. The molecule has 0 amide bonds. The van der Waals surface area contributed by atoms with Crippen molar-refractivity contribution in [2.45, 2.75) is 18.9 Å². The van der Waals surface area contributed by atoms with Crippen LogP contribution in [0.1, 0.15) is 23.6 Å². The number of fused-ring (bicyclic) bond motifs is 3. The van der Waals surface area contributed by atoms with E-state index in [2.05, 4.69) is 33.2 Å². The van der Waals surface area contributed by atoms with Crippen molar-refractivity contribution in [2.24, 2.45) is 5.73 Å². The van der Waals surface area contributed by atoms with E-state index < -0.39 is 0 Å². The number of nitrogens with one attached hydrogen (secondary N) is 1. The predicted molar refractivity (Wildman–Crippen MR) is 81.1 cm³/mol. The minimum Gasteiger partial charge on any atom is -0.480 e. The first-order valence-corrected chi connectivity index (χ1v) is 7.02. The molecule has 0 fully saturated rings. The third-order valence-corrected chi connectivity index (χ3v) is 4.22. The van der Waals surface area contributed by atoms with Gasteiger partial charge in [0.25, 0.3) is 0 Å². The first kappa shape index (κ1) is 12.3. The molecule has 1 aliphatic carbocycles. The highest BCUT2D eigenvalue weighted by atomic mass is 16.5. The molecular formula is C16H16N4O. The van der Waals surface area contributed by atoms with Crippen LogP contribution in [0.2, 0.25) is 0 Å². The maximum absolute atomic E-state index is 6.15. The summed E-state index contributed by atoms with van der Waals surface area (Å²) in [5.41, 5.74) is 11.7. The Labute approximate surface area is 122 Å². The van der Waals surface area contributed by atoms with E-state index in [1.54, 1.807) is 13.3 Å². The van der Waals surface area contributed by atoms with Gasteiger partial charge in [0.15, 0.2) is 0 Å². The molecular weight excluding hydrogens is 264 g/mol. The molecule has 4 rings (SSSR count). The highest BCUT2D eigenvalue weighted by molar-refractivity contribution is 5.90. The van der Waals surface area contributed by atoms with Gasteiger partial charge in [0.1, 0.15) is 6.33 Å². The van der Waals surface area contributed by atoms with Crippen molar-refractivity contribution in [1.29, 1.82) is 0 Å². The summed E-state index contributed by atoms with van der Waals surface area (Å²) in [4.78, 5) is 11.7. The normalized spacial score (nSPS) is 17.1. The number of aromatic nitrogens is 3. The number of benzene rings is 1. The molecule has 0 saturated heterocycles. The lowest BCUT2D eigenvalue weighted by molar-refractivity contribution is 0.398. The number of aromatic amines is 1. The average molecular weight is 280 g/mol. The third-order valence-electron chi connectivity index (χ3n) is 4.22. The molecule has 3 N–H and O–H groups in total. The number of methoxy groups -OCH3 is 1. The fourth-order valence-corrected chi connectivity index (χ4v) is 3.17. The maximum Gasteiger partial charge on any atom is 0.225 e. The summed E-state index contributed by atoms with van der Waals surface area (Å²) >= 11 is 0. The van der Waals surface area contributed by atoms with Gasteiger partial charge >= 0.3 is 0 Å². The summed E-state index contributed by atoms with van der Waals surface area (Å²) in [6, 6.07) is 6.54. The van der Waals surface area contributed by atoms with Crippen molar-refractivity contribution in [2.75, 3.05) is 7.11 Å². The maximum atomic E-state index is 6.15. The molecule has 5 nitrogen and oxygen atoms in total. The number of ether oxygens (including phenoxy) is 1. The van der Waals surface area contributed by atoms with Crippen molar-refractivity contribution in [1.82, 2.24) is 15.0 Å². The summed E-state index contributed by atoms with van der Waals surface area (Å²) in [6.45, 7) is 0. The number of hydrogen-bond donors (Lipinski definition) is 2. The number of aryl methyl sites for hydroxylation is 1. The lowest BCUT2D eigenvalue weighted by atomic mass is 10.0. The van der Waals surface area contributed by atoms with Crippen LogP contribution in [-0.4, -0.2) is 22.1 Å². The zero-order valence-corrected chi connectivity index (χ0v) is 11.8. The van der Waals surface area contributed by atoms with Gasteiger partial charge in [0, 0.05) is 23.1 Å². The van der Waals surface area contributed by atoms with Crippen LogP contribution in [-0.2, 0) is 6.42 Å². The van der Waals surface area contributed by atoms with Crippen molar-refractivity contribution >= 4 is 10.9 Å². The minimum atomic E-state index is 0.164. The van der Waals surface area contributed by atoms with Crippen molar-refractivity contribution < 1.29 is 4.74 Å². The zero-order chi connectivity index (χ0) is 14.4. The van der Waals surface area contributed by atoms with Gasteiger partial charge in [-0.25, -0.2) is 9.97 Å². The van der Waals surface area contributed by atoms with Crippen LogP contribution in [0.15, 0.2) is 30.7 Å². The van der Waals surface area contributed by atoms with E-state index in [-0.39, 0.29) is 6.04 Å². The first-order valence-electron chi connectivity index (χ1n) is 7.02.